The lowest BCUT2D eigenvalue weighted by molar-refractivity contribution is 0.479. The third kappa shape index (κ3) is 4.30. The minimum absolute atomic E-state index is 0.200. The van der Waals surface area contributed by atoms with Crippen molar-refractivity contribution in [2.24, 2.45) is 0 Å². The number of nitrogens with zero attached hydrogens (tertiary/aromatic N) is 5. The fourth-order valence-corrected chi connectivity index (χ4v) is 5.18. The number of rotatable bonds is 5. The van der Waals surface area contributed by atoms with Gasteiger partial charge in [-0.05, 0) is 73.8 Å². The van der Waals surface area contributed by atoms with Gasteiger partial charge in [0.1, 0.15) is 6.07 Å². The molecule has 2 aromatic carbocycles. The lowest BCUT2D eigenvalue weighted by atomic mass is 9.98. The van der Waals surface area contributed by atoms with E-state index in [1.165, 1.54) is 0 Å². The molecule has 37 heavy (non-hydrogen) atoms. The van der Waals surface area contributed by atoms with Gasteiger partial charge in [0.15, 0.2) is 5.65 Å². The Bertz CT molecular complexity index is 1640. The summed E-state index contributed by atoms with van der Waals surface area (Å²) in [5.41, 5.74) is 7.24. The van der Waals surface area contributed by atoms with E-state index in [4.69, 9.17) is 15.1 Å². The molecule has 7 heteroatoms. The van der Waals surface area contributed by atoms with E-state index in [0.717, 1.165) is 76.1 Å². The first-order valence-corrected chi connectivity index (χ1v) is 12.9. The number of nitrogens with one attached hydrogen (secondary N) is 2. The molecule has 0 spiro atoms. The molecule has 0 aliphatic carbocycles. The van der Waals surface area contributed by atoms with E-state index < -0.39 is 0 Å². The van der Waals surface area contributed by atoms with Crippen LogP contribution in [-0.2, 0) is 0 Å². The molecule has 6 rings (SSSR count). The Kier molecular flexibility index (Phi) is 6.03. The second-order valence-corrected chi connectivity index (χ2v) is 9.94. The van der Waals surface area contributed by atoms with Gasteiger partial charge in [0, 0.05) is 29.4 Å². The first kappa shape index (κ1) is 23.1. The summed E-state index contributed by atoms with van der Waals surface area (Å²) in [6.07, 6.45) is 5.83. The maximum Gasteiger partial charge on any atom is 0.163 e. The molecule has 0 radical (unpaired) electrons. The maximum atomic E-state index is 9.75. The number of pyridine rings is 2. The summed E-state index contributed by atoms with van der Waals surface area (Å²) in [4.78, 5) is 9.48. The van der Waals surface area contributed by atoms with Crippen molar-refractivity contribution in [3.8, 4) is 22.9 Å². The third-order valence-electron chi connectivity index (χ3n) is 7.11. The van der Waals surface area contributed by atoms with Gasteiger partial charge in [-0.3, -0.25) is 4.98 Å². The molecule has 2 N–H and O–H groups in total. The van der Waals surface area contributed by atoms with Crippen LogP contribution in [0.4, 0.5) is 5.69 Å². The molecule has 4 heterocycles. The number of para-hydroxylation sites is 1. The molecular formula is C30H29N7. The van der Waals surface area contributed by atoms with E-state index in [9.17, 15) is 5.26 Å². The average Bonchev–Trinajstić information content (AvgIpc) is 3.34. The minimum atomic E-state index is 0.200. The van der Waals surface area contributed by atoms with Crippen LogP contribution in [-0.4, -0.2) is 38.9 Å². The van der Waals surface area contributed by atoms with Crippen LogP contribution in [0.15, 0.2) is 67.0 Å². The molecule has 1 aliphatic rings. The monoisotopic (exact) mass is 487 g/mol. The van der Waals surface area contributed by atoms with Crippen LogP contribution < -0.4 is 10.6 Å². The van der Waals surface area contributed by atoms with E-state index in [1.54, 1.807) is 0 Å². The number of benzene rings is 2. The highest BCUT2D eigenvalue weighted by atomic mass is 15.3. The van der Waals surface area contributed by atoms with Crippen molar-refractivity contribution >= 4 is 27.6 Å². The highest BCUT2D eigenvalue weighted by molar-refractivity contribution is 5.97. The van der Waals surface area contributed by atoms with E-state index in [1.807, 2.05) is 53.5 Å². The van der Waals surface area contributed by atoms with Gasteiger partial charge in [0.2, 0.25) is 0 Å². The Balaban J connectivity index is 1.49. The van der Waals surface area contributed by atoms with Gasteiger partial charge in [-0.2, -0.15) is 10.4 Å². The van der Waals surface area contributed by atoms with Crippen LogP contribution >= 0.6 is 0 Å². The Hall–Kier alpha value is -4.28. The average molecular weight is 488 g/mol. The first-order chi connectivity index (χ1) is 18.1. The van der Waals surface area contributed by atoms with Crippen LogP contribution in [0.2, 0.25) is 0 Å². The summed E-state index contributed by atoms with van der Waals surface area (Å²) in [5.74, 6) is 0.200. The zero-order valence-electron chi connectivity index (χ0n) is 21.1. The second-order valence-electron chi connectivity index (χ2n) is 9.94. The number of fused-ring (bicyclic) bond motifs is 2. The van der Waals surface area contributed by atoms with E-state index in [0.29, 0.717) is 11.6 Å². The standard InChI is InChI=1S/C30H29N7/c1-19(2)29-28-25(22-15-20-5-3-4-6-26(20)34-18-22)11-14-33-30(28)37(36-29)24-8-7-21(17-31)27(16-24)35-23-9-12-32-13-10-23/h3-8,11,14-16,18-19,23,32,35H,9-10,12-13H2,1-2H3. The summed E-state index contributed by atoms with van der Waals surface area (Å²) >= 11 is 0. The molecule has 7 nitrogen and oxygen atoms in total. The molecule has 3 aromatic heterocycles. The smallest absolute Gasteiger partial charge is 0.163 e. The number of piperidine rings is 1. The number of aromatic nitrogens is 4. The zero-order valence-corrected chi connectivity index (χ0v) is 21.1. The third-order valence-corrected chi connectivity index (χ3v) is 7.11. The summed E-state index contributed by atoms with van der Waals surface area (Å²) < 4.78 is 1.91. The minimum Gasteiger partial charge on any atom is -0.381 e. The summed E-state index contributed by atoms with van der Waals surface area (Å²) in [7, 11) is 0. The summed E-state index contributed by atoms with van der Waals surface area (Å²) in [6.45, 7) is 6.28. The molecule has 0 saturated carbocycles. The van der Waals surface area contributed by atoms with Crippen LogP contribution in [0.5, 0.6) is 0 Å². The van der Waals surface area contributed by atoms with Gasteiger partial charge >= 0.3 is 0 Å². The van der Waals surface area contributed by atoms with Crippen molar-refractivity contribution < 1.29 is 0 Å². The fraction of sp³-hybridized carbons (Fsp3) is 0.267. The highest BCUT2D eigenvalue weighted by Gasteiger charge is 2.21. The molecule has 1 aliphatic heterocycles. The van der Waals surface area contributed by atoms with Gasteiger partial charge in [-0.1, -0.05) is 32.0 Å². The Labute approximate surface area is 216 Å². The lowest BCUT2D eigenvalue weighted by Gasteiger charge is -2.25. The van der Waals surface area contributed by atoms with Crippen molar-refractivity contribution in [3.63, 3.8) is 0 Å². The van der Waals surface area contributed by atoms with Crippen LogP contribution in [0.1, 0.15) is 43.9 Å². The number of anilines is 1. The SMILES string of the molecule is CC(C)c1nn(-c2ccc(C#N)c(NC3CCNCC3)c2)c2nccc(-c3cnc4ccccc4c3)c12. The van der Waals surface area contributed by atoms with Crippen LogP contribution in [0.25, 0.3) is 38.8 Å². The second kappa shape index (κ2) is 9.64. The number of nitriles is 1. The van der Waals surface area contributed by atoms with E-state index in [-0.39, 0.29) is 5.92 Å². The topological polar surface area (TPSA) is 91.5 Å². The molecule has 0 unspecified atom stereocenters. The number of hydrogen-bond donors (Lipinski definition) is 2. The first-order valence-electron chi connectivity index (χ1n) is 12.9. The molecule has 1 saturated heterocycles. The molecule has 0 atom stereocenters. The predicted molar refractivity (Wildman–Crippen MR) is 148 cm³/mol. The molecule has 5 aromatic rings. The van der Waals surface area contributed by atoms with Gasteiger partial charge in [-0.25, -0.2) is 9.67 Å². The maximum absolute atomic E-state index is 9.75. The molecule has 0 amide bonds. The Morgan fingerprint density at radius 1 is 1.05 bits per heavy atom. The lowest BCUT2D eigenvalue weighted by Crippen LogP contribution is -2.35. The quantitative estimate of drug-likeness (QED) is 0.326. The normalized spacial score (nSPS) is 14.3. The highest BCUT2D eigenvalue weighted by Crippen LogP contribution is 2.35. The van der Waals surface area contributed by atoms with Crippen LogP contribution in [0, 0.1) is 11.3 Å². The summed E-state index contributed by atoms with van der Waals surface area (Å²) in [6, 6.07) is 20.9. The van der Waals surface area contributed by atoms with Crippen molar-refractivity contribution in [2.75, 3.05) is 18.4 Å². The molecular weight excluding hydrogens is 458 g/mol. The van der Waals surface area contributed by atoms with Crippen LogP contribution in [0.3, 0.4) is 0 Å². The van der Waals surface area contributed by atoms with Crippen molar-refractivity contribution in [1.82, 2.24) is 25.1 Å². The summed E-state index contributed by atoms with van der Waals surface area (Å²) in [5, 5.41) is 24.0. The van der Waals surface area contributed by atoms with Crippen molar-refractivity contribution in [3.05, 3.63) is 78.2 Å². The fourth-order valence-electron chi connectivity index (χ4n) is 5.18. The largest absolute Gasteiger partial charge is 0.381 e. The number of hydrogen-bond acceptors (Lipinski definition) is 6. The zero-order chi connectivity index (χ0) is 25.4. The predicted octanol–water partition coefficient (Wildman–Crippen LogP) is 5.79. The Morgan fingerprint density at radius 2 is 1.89 bits per heavy atom. The molecule has 1 fully saturated rings. The van der Waals surface area contributed by atoms with Gasteiger partial charge < -0.3 is 10.6 Å². The Morgan fingerprint density at radius 3 is 2.70 bits per heavy atom. The van der Waals surface area contributed by atoms with Gasteiger partial charge in [0.25, 0.3) is 0 Å². The molecule has 184 valence electrons. The van der Waals surface area contributed by atoms with Gasteiger partial charge in [0.05, 0.1) is 33.5 Å². The van der Waals surface area contributed by atoms with Gasteiger partial charge in [-0.15, -0.1) is 0 Å². The van der Waals surface area contributed by atoms with Crippen molar-refractivity contribution in [2.45, 2.75) is 38.6 Å². The molecule has 0 bridgehead atoms. The van der Waals surface area contributed by atoms with E-state index in [2.05, 4.69) is 48.7 Å². The van der Waals surface area contributed by atoms with Crippen molar-refractivity contribution in [1.29, 1.82) is 5.26 Å². The van der Waals surface area contributed by atoms with E-state index >= 15 is 0 Å².